The molecule has 5 heterocycles. The second kappa shape index (κ2) is 12.6. The van der Waals surface area contributed by atoms with Crippen molar-refractivity contribution < 1.29 is 36.9 Å². The van der Waals surface area contributed by atoms with Crippen molar-refractivity contribution in [2.75, 3.05) is 0 Å². The van der Waals surface area contributed by atoms with Gasteiger partial charge in [-0.3, -0.25) is 9.59 Å². The molecule has 0 saturated carbocycles. The Kier molecular flexibility index (Phi) is 9.28. The minimum Gasteiger partial charge on any atom is -0.664 e. The summed E-state index contributed by atoms with van der Waals surface area (Å²) in [4.78, 5) is 37.9. The molecule has 2 N–H and O–H groups in total. The first-order valence-corrected chi connectivity index (χ1v) is 14.0. The summed E-state index contributed by atoms with van der Waals surface area (Å²) in [5.74, 6) is -1.73. The van der Waals surface area contributed by atoms with Crippen LogP contribution in [0.15, 0.2) is 30.6 Å². The van der Waals surface area contributed by atoms with Crippen LogP contribution in [0.4, 0.5) is 0 Å². The van der Waals surface area contributed by atoms with Crippen LogP contribution < -0.4 is 25.7 Å². The van der Waals surface area contributed by atoms with Gasteiger partial charge in [0.15, 0.2) is 0 Å². The molecular formula is C34H34MnN4O4-4. The summed E-state index contributed by atoms with van der Waals surface area (Å²) in [5.41, 5.74) is 9.90. The Morgan fingerprint density at radius 3 is 1.98 bits per heavy atom. The van der Waals surface area contributed by atoms with Gasteiger partial charge in [-0.2, -0.15) is 11.4 Å². The van der Waals surface area contributed by atoms with E-state index in [4.69, 9.17) is 20.3 Å². The SMILES string of the molecule is C=Cc1c2[n-]c(c1C)/C=C1\[N-]/C(=C\c3[n-]c(c(CCC(=O)O)c3C)/C=c3\[n-]/c(c(C)c3CCC(=O)O)=C\2)[C@@H](C)C1C=C.[Mn]. The van der Waals surface area contributed by atoms with Crippen LogP contribution >= 0.6 is 0 Å². The number of hydrogen-bond donors (Lipinski definition) is 2. The number of aromatic nitrogens is 3. The zero-order valence-electron chi connectivity index (χ0n) is 24.7. The third kappa shape index (κ3) is 6.01. The van der Waals surface area contributed by atoms with Crippen LogP contribution in [-0.2, 0) is 39.5 Å². The molecule has 8 nitrogen and oxygen atoms in total. The molecule has 1 unspecified atom stereocenters. The minimum atomic E-state index is -0.894. The molecule has 2 atom stereocenters. The number of allylic oxidation sites excluding steroid dienone is 2. The number of nitrogens with zero attached hydrogens (tertiary/aromatic N) is 4. The van der Waals surface area contributed by atoms with E-state index in [1.54, 1.807) is 6.08 Å². The fourth-order valence-electron chi connectivity index (χ4n) is 5.90. The fraction of sp³-hybridized carbons (Fsp3) is 0.294. The normalized spacial score (nSPS) is 21.0. The van der Waals surface area contributed by atoms with E-state index in [1.807, 2.05) is 51.2 Å². The Hall–Kier alpha value is -4.20. The van der Waals surface area contributed by atoms with Crippen LogP contribution in [-0.4, -0.2) is 22.2 Å². The maximum absolute atomic E-state index is 11.5. The molecule has 0 spiro atoms. The van der Waals surface area contributed by atoms with Gasteiger partial charge in [0.05, 0.1) is 0 Å². The van der Waals surface area contributed by atoms with Crippen LogP contribution in [0.25, 0.3) is 35.7 Å². The van der Waals surface area contributed by atoms with Crippen LogP contribution in [0.2, 0.25) is 0 Å². The zero-order chi connectivity index (χ0) is 30.3. The number of carbonyl (C=O) groups is 2. The first kappa shape index (κ1) is 31.7. The van der Waals surface area contributed by atoms with Gasteiger partial charge in [0.2, 0.25) is 0 Å². The van der Waals surface area contributed by atoms with Gasteiger partial charge < -0.3 is 30.5 Å². The number of fused-ring (bicyclic) bond motifs is 8. The van der Waals surface area contributed by atoms with Crippen molar-refractivity contribution >= 4 is 42.3 Å². The van der Waals surface area contributed by atoms with E-state index in [-0.39, 0.29) is 41.7 Å². The molecule has 3 aromatic heterocycles. The molecule has 3 aromatic rings. The first-order valence-electron chi connectivity index (χ1n) is 14.0. The fourth-order valence-corrected chi connectivity index (χ4v) is 5.90. The van der Waals surface area contributed by atoms with Crippen LogP contribution in [0.1, 0.15) is 75.9 Å². The Balaban J connectivity index is 0.00000423. The Bertz CT molecular complexity index is 1810. The Labute approximate surface area is 261 Å². The van der Waals surface area contributed by atoms with E-state index in [0.717, 1.165) is 61.9 Å². The van der Waals surface area contributed by atoms with Gasteiger partial charge in [0.1, 0.15) is 0 Å². The van der Waals surface area contributed by atoms with Crippen molar-refractivity contribution in [2.24, 2.45) is 11.8 Å². The quantitative estimate of drug-likeness (QED) is 0.284. The second-order valence-electron chi connectivity index (χ2n) is 11.0. The van der Waals surface area contributed by atoms with E-state index in [9.17, 15) is 19.8 Å². The molecule has 0 amide bonds. The third-order valence-electron chi connectivity index (χ3n) is 8.44. The minimum absolute atomic E-state index is 0. The average molecular weight is 618 g/mol. The average Bonchev–Trinajstić information content (AvgIpc) is 3.59. The van der Waals surface area contributed by atoms with Crippen LogP contribution in [0.3, 0.4) is 0 Å². The zero-order valence-corrected chi connectivity index (χ0v) is 25.9. The van der Waals surface area contributed by atoms with E-state index < -0.39 is 11.9 Å². The monoisotopic (exact) mass is 617 g/mol. The van der Waals surface area contributed by atoms with Crippen molar-refractivity contribution in [3.05, 3.63) is 103 Å². The molecule has 43 heavy (non-hydrogen) atoms. The van der Waals surface area contributed by atoms with E-state index in [2.05, 4.69) is 20.1 Å². The summed E-state index contributed by atoms with van der Waals surface area (Å²) in [6.07, 6.45) is 12.0. The van der Waals surface area contributed by atoms with E-state index in [1.165, 1.54) is 0 Å². The van der Waals surface area contributed by atoms with E-state index >= 15 is 0 Å². The molecule has 9 heteroatoms. The summed E-state index contributed by atoms with van der Waals surface area (Å²) < 4.78 is 0. The summed E-state index contributed by atoms with van der Waals surface area (Å²) in [6.45, 7) is 16.1. The van der Waals surface area contributed by atoms with Crippen LogP contribution in [0.5, 0.6) is 0 Å². The van der Waals surface area contributed by atoms with Crippen molar-refractivity contribution in [3.8, 4) is 0 Å². The Morgan fingerprint density at radius 2 is 1.35 bits per heavy atom. The van der Waals surface area contributed by atoms with Crippen molar-refractivity contribution in [1.82, 2.24) is 15.0 Å². The largest absolute Gasteiger partial charge is 0.664 e. The molecule has 1 radical (unpaired) electrons. The maximum atomic E-state index is 11.5. The second-order valence-corrected chi connectivity index (χ2v) is 11.0. The number of rotatable bonds is 8. The molecule has 5 rings (SSSR count). The molecule has 8 bridgehead atoms. The van der Waals surface area contributed by atoms with Gasteiger partial charge in [0.25, 0.3) is 0 Å². The predicted molar refractivity (Wildman–Crippen MR) is 164 cm³/mol. The number of aliphatic carboxylic acids is 2. The molecule has 0 aliphatic carbocycles. The molecule has 2 aliphatic heterocycles. The van der Waals surface area contributed by atoms with Crippen LogP contribution in [0, 0.1) is 32.6 Å². The number of hydrogen-bond acceptors (Lipinski definition) is 2. The number of carboxylic acids is 2. The molecule has 2 aliphatic rings. The maximum Gasteiger partial charge on any atom is 0.303 e. The van der Waals surface area contributed by atoms with Gasteiger partial charge in [-0.1, -0.05) is 77.8 Å². The summed E-state index contributed by atoms with van der Waals surface area (Å²) in [6, 6.07) is 0. The third-order valence-corrected chi connectivity index (χ3v) is 8.44. The predicted octanol–water partition coefficient (Wildman–Crippen LogP) is 4.34. The van der Waals surface area contributed by atoms with E-state index in [0.29, 0.717) is 29.2 Å². The summed E-state index contributed by atoms with van der Waals surface area (Å²) in [7, 11) is 0. The van der Waals surface area contributed by atoms with Crippen molar-refractivity contribution in [3.63, 3.8) is 0 Å². The summed E-state index contributed by atoms with van der Waals surface area (Å²) >= 11 is 0. The Morgan fingerprint density at radius 1 is 0.767 bits per heavy atom. The van der Waals surface area contributed by atoms with Crippen molar-refractivity contribution in [1.29, 1.82) is 0 Å². The topological polar surface area (TPSA) is 131 Å². The standard InChI is InChI=1S/C34H34N4O4.Mn/c1-7-21-17(3)25-13-26-19(5)23(9-11-33(39)40)31(37-26)16-32-24(10-12-34(41)42)20(6)28(38-32)15-30-22(8-2)18(4)27(36-30)14-29(21)35-25;/h7-8,13-17,21H,1-2,9-12H2,3-6H3,(H,39,40)(H,41,42);/q-4;/b25-13-,28-15-,29-14-,32-16-;/t17-,21?;/m0./s1. The molecular weight excluding hydrogens is 583 g/mol. The molecule has 225 valence electrons. The van der Waals surface area contributed by atoms with Gasteiger partial charge in [-0.15, -0.1) is 40.1 Å². The van der Waals surface area contributed by atoms with Gasteiger partial charge in [-0.25, -0.2) is 0 Å². The van der Waals surface area contributed by atoms with Gasteiger partial charge in [-0.05, 0) is 51.0 Å². The van der Waals surface area contributed by atoms with Gasteiger partial charge >= 0.3 is 11.9 Å². The van der Waals surface area contributed by atoms with Crippen molar-refractivity contribution in [2.45, 2.75) is 53.4 Å². The number of carboxylic acid groups (broad SMARTS) is 2. The first-order chi connectivity index (χ1) is 20.0. The molecule has 0 aromatic carbocycles. The summed E-state index contributed by atoms with van der Waals surface area (Å²) in [5, 5.41) is 25.2. The smallest absolute Gasteiger partial charge is 0.303 e. The van der Waals surface area contributed by atoms with Gasteiger partial charge in [0, 0.05) is 29.9 Å². The molecule has 1 saturated heterocycles. The molecule has 1 fully saturated rings.